The van der Waals surface area contributed by atoms with E-state index in [-0.39, 0.29) is 11.7 Å². The van der Waals surface area contributed by atoms with E-state index in [1.807, 2.05) is 11.9 Å². The second-order valence-electron chi connectivity index (χ2n) is 5.52. The largest absolute Gasteiger partial charge is 0.506 e. The van der Waals surface area contributed by atoms with Gasteiger partial charge in [-0.25, -0.2) is 0 Å². The van der Waals surface area contributed by atoms with Crippen LogP contribution < -0.4 is 5.73 Å². The first-order valence-corrected chi connectivity index (χ1v) is 6.86. The molecule has 2 rings (SSSR count). The lowest BCUT2D eigenvalue weighted by Gasteiger charge is -2.36. The van der Waals surface area contributed by atoms with E-state index in [1.165, 1.54) is 25.3 Å². The summed E-state index contributed by atoms with van der Waals surface area (Å²) in [7, 11) is 1.85. The first-order valence-electron chi connectivity index (χ1n) is 6.86. The molecule has 0 aromatic heterocycles. The molecule has 0 aliphatic heterocycles. The predicted molar refractivity (Wildman–Crippen MR) is 76.0 cm³/mol. The molecule has 0 spiro atoms. The van der Waals surface area contributed by atoms with E-state index < -0.39 is 0 Å². The van der Waals surface area contributed by atoms with Crippen LogP contribution in [0, 0.1) is 5.92 Å². The highest BCUT2D eigenvalue weighted by molar-refractivity contribution is 5.95. The molecule has 104 valence electrons. The molecule has 19 heavy (non-hydrogen) atoms. The number of phenols is 1. The van der Waals surface area contributed by atoms with Crippen molar-refractivity contribution in [2.45, 2.75) is 38.6 Å². The summed E-state index contributed by atoms with van der Waals surface area (Å²) in [6.07, 6.45) is 4.67. The fourth-order valence-corrected chi connectivity index (χ4v) is 2.90. The fourth-order valence-electron chi connectivity index (χ4n) is 2.90. The SMILES string of the molecule is CC1CCCCC1N(C)C(=O)c1ccc(N)c(O)c1. The molecule has 1 aromatic rings. The third kappa shape index (κ3) is 2.83. The van der Waals surface area contributed by atoms with E-state index in [9.17, 15) is 9.90 Å². The van der Waals surface area contributed by atoms with E-state index in [2.05, 4.69) is 6.92 Å². The van der Waals surface area contributed by atoms with Crippen LogP contribution in [0.15, 0.2) is 18.2 Å². The van der Waals surface area contributed by atoms with E-state index in [0.29, 0.717) is 23.2 Å². The summed E-state index contributed by atoms with van der Waals surface area (Å²) in [6.45, 7) is 2.20. The Morgan fingerprint density at radius 2 is 2.05 bits per heavy atom. The van der Waals surface area contributed by atoms with Gasteiger partial charge in [0.1, 0.15) is 5.75 Å². The summed E-state index contributed by atoms with van der Waals surface area (Å²) in [4.78, 5) is 14.2. The number of aromatic hydroxyl groups is 1. The van der Waals surface area contributed by atoms with Gasteiger partial charge in [-0.15, -0.1) is 0 Å². The summed E-state index contributed by atoms with van der Waals surface area (Å²) in [5, 5.41) is 9.60. The van der Waals surface area contributed by atoms with Crippen molar-refractivity contribution in [2.75, 3.05) is 12.8 Å². The molecule has 1 aliphatic rings. The molecule has 0 heterocycles. The van der Waals surface area contributed by atoms with Crippen LogP contribution in [-0.2, 0) is 0 Å². The number of nitrogens with zero attached hydrogens (tertiary/aromatic N) is 1. The number of phenolic OH excluding ortho intramolecular Hbond substituents is 1. The zero-order valence-electron chi connectivity index (χ0n) is 11.6. The monoisotopic (exact) mass is 262 g/mol. The number of hydrogen-bond acceptors (Lipinski definition) is 3. The van der Waals surface area contributed by atoms with Crippen LogP contribution >= 0.6 is 0 Å². The maximum atomic E-state index is 12.4. The van der Waals surface area contributed by atoms with Crippen LogP contribution in [0.1, 0.15) is 43.0 Å². The van der Waals surface area contributed by atoms with Gasteiger partial charge in [-0.2, -0.15) is 0 Å². The van der Waals surface area contributed by atoms with Gasteiger partial charge in [0.15, 0.2) is 0 Å². The minimum atomic E-state index is -0.0472. The van der Waals surface area contributed by atoms with Gasteiger partial charge in [0, 0.05) is 18.7 Å². The second-order valence-corrected chi connectivity index (χ2v) is 5.52. The van der Waals surface area contributed by atoms with Crippen LogP contribution in [0.3, 0.4) is 0 Å². The Balaban J connectivity index is 2.15. The van der Waals surface area contributed by atoms with Crippen molar-refractivity contribution in [1.29, 1.82) is 0 Å². The Kier molecular flexibility index (Phi) is 3.98. The van der Waals surface area contributed by atoms with Gasteiger partial charge in [-0.3, -0.25) is 4.79 Å². The maximum Gasteiger partial charge on any atom is 0.253 e. The van der Waals surface area contributed by atoms with Crippen molar-refractivity contribution in [1.82, 2.24) is 4.90 Å². The molecule has 1 fully saturated rings. The molecule has 0 saturated heterocycles. The number of hydrogen-bond donors (Lipinski definition) is 2. The zero-order chi connectivity index (χ0) is 14.0. The van der Waals surface area contributed by atoms with Crippen LogP contribution in [0.25, 0.3) is 0 Å². The van der Waals surface area contributed by atoms with E-state index in [1.54, 1.807) is 12.1 Å². The number of anilines is 1. The van der Waals surface area contributed by atoms with Crippen LogP contribution in [0.4, 0.5) is 5.69 Å². The van der Waals surface area contributed by atoms with Crippen molar-refractivity contribution in [3.63, 3.8) is 0 Å². The van der Waals surface area contributed by atoms with Crippen LogP contribution in [0.5, 0.6) is 5.75 Å². The number of amides is 1. The Labute approximate surface area is 114 Å². The zero-order valence-corrected chi connectivity index (χ0v) is 11.6. The number of rotatable bonds is 2. The topological polar surface area (TPSA) is 66.6 Å². The van der Waals surface area contributed by atoms with Gasteiger partial charge < -0.3 is 15.7 Å². The van der Waals surface area contributed by atoms with Gasteiger partial charge in [-0.05, 0) is 37.0 Å². The van der Waals surface area contributed by atoms with Gasteiger partial charge >= 0.3 is 0 Å². The number of benzene rings is 1. The average Bonchev–Trinajstić information content (AvgIpc) is 2.41. The van der Waals surface area contributed by atoms with Crippen molar-refractivity contribution in [3.05, 3.63) is 23.8 Å². The van der Waals surface area contributed by atoms with Crippen molar-refractivity contribution < 1.29 is 9.90 Å². The molecule has 1 aromatic carbocycles. The fraction of sp³-hybridized carbons (Fsp3) is 0.533. The highest BCUT2D eigenvalue weighted by atomic mass is 16.3. The Bertz CT molecular complexity index is 473. The molecule has 0 radical (unpaired) electrons. The number of nitrogen functional groups attached to an aromatic ring is 1. The van der Waals surface area contributed by atoms with Gasteiger partial charge in [0.05, 0.1) is 5.69 Å². The quantitative estimate of drug-likeness (QED) is 0.636. The third-order valence-corrected chi connectivity index (χ3v) is 4.16. The summed E-state index contributed by atoms with van der Waals surface area (Å²) in [6, 6.07) is 4.98. The Hall–Kier alpha value is -1.71. The third-order valence-electron chi connectivity index (χ3n) is 4.16. The van der Waals surface area contributed by atoms with Crippen molar-refractivity contribution in [3.8, 4) is 5.75 Å². The minimum absolute atomic E-state index is 0.0315. The minimum Gasteiger partial charge on any atom is -0.506 e. The van der Waals surface area contributed by atoms with Crippen molar-refractivity contribution in [2.24, 2.45) is 5.92 Å². The van der Waals surface area contributed by atoms with Gasteiger partial charge in [0.25, 0.3) is 5.91 Å². The van der Waals surface area contributed by atoms with Crippen LogP contribution in [-0.4, -0.2) is 29.0 Å². The first-order chi connectivity index (χ1) is 9.00. The molecule has 2 unspecified atom stereocenters. The molecule has 0 bridgehead atoms. The van der Waals surface area contributed by atoms with E-state index in [4.69, 9.17) is 5.73 Å². The standard InChI is InChI=1S/C15H22N2O2/c1-10-5-3-4-6-13(10)17(2)15(19)11-7-8-12(16)14(18)9-11/h7-10,13,18H,3-6,16H2,1-2H3. The van der Waals surface area contributed by atoms with E-state index >= 15 is 0 Å². The maximum absolute atomic E-state index is 12.4. The highest BCUT2D eigenvalue weighted by Gasteiger charge is 2.28. The molecule has 4 heteroatoms. The summed E-state index contributed by atoms with van der Waals surface area (Å²) >= 11 is 0. The lowest BCUT2D eigenvalue weighted by atomic mass is 9.85. The molecular formula is C15H22N2O2. The van der Waals surface area contributed by atoms with Crippen molar-refractivity contribution >= 4 is 11.6 Å². The smallest absolute Gasteiger partial charge is 0.253 e. The Morgan fingerprint density at radius 3 is 2.68 bits per heavy atom. The highest BCUT2D eigenvalue weighted by Crippen LogP contribution is 2.29. The van der Waals surface area contributed by atoms with Crippen LogP contribution in [0.2, 0.25) is 0 Å². The molecule has 2 atom stereocenters. The molecule has 1 amide bonds. The average molecular weight is 262 g/mol. The number of carbonyl (C=O) groups excluding carboxylic acids is 1. The normalized spacial score (nSPS) is 23.1. The lowest BCUT2D eigenvalue weighted by molar-refractivity contribution is 0.0628. The molecule has 1 aliphatic carbocycles. The lowest BCUT2D eigenvalue weighted by Crippen LogP contribution is -2.42. The Morgan fingerprint density at radius 1 is 1.37 bits per heavy atom. The summed E-state index contributed by atoms with van der Waals surface area (Å²) < 4.78 is 0. The van der Waals surface area contributed by atoms with Gasteiger partial charge in [0.2, 0.25) is 0 Å². The first kappa shape index (κ1) is 13.7. The number of carbonyl (C=O) groups is 1. The van der Waals surface area contributed by atoms with Gasteiger partial charge in [-0.1, -0.05) is 19.8 Å². The molecule has 1 saturated carbocycles. The predicted octanol–water partition coefficient (Wildman–Crippen LogP) is 2.63. The molecular weight excluding hydrogens is 240 g/mol. The summed E-state index contributed by atoms with van der Waals surface area (Å²) in [5.74, 6) is 0.454. The van der Waals surface area contributed by atoms with E-state index in [0.717, 1.165) is 6.42 Å². The summed E-state index contributed by atoms with van der Waals surface area (Å²) in [5.41, 5.74) is 6.34. The number of nitrogens with two attached hydrogens (primary N) is 1. The molecule has 3 N–H and O–H groups in total. The second kappa shape index (κ2) is 5.51. The molecule has 4 nitrogen and oxygen atoms in total.